The zero-order valence-electron chi connectivity index (χ0n) is 25.9. The average Bonchev–Trinajstić information content (AvgIpc) is 3.79. The molecule has 0 bridgehead atoms. The van der Waals surface area contributed by atoms with E-state index in [0.29, 0.717) is 37.5 Å². The maximum Gasteiger partial charge on any atom is 0.516 e. The largest absolute Gasteiger partial charge is 0.516 e. The van der Waals surface area contributed by atoms with E-state index in [-0.39, 0.29) is 46.1 Å². The van der Waals surface area contributed by atoms with Gasteiger partial charge in [0.15, 0.2) is 0 Å². The Morgan fingerprint density at radius 1 is 0.680 bits per heavy atom. The van der Waals surface area contributed by atoms with E-state index in [9.17, 15) is 28.0 Å². The van der Waals surface area contributed by atoms with Gasteiger partial charge in [-0.2, -0.15) is 9.97 Å². The summed E-state index contributed by atoms with van der Waals surface area (Å²) in [5.41, 5.74) is 0.0111. The second-order valence-corrected chi connectivity index (χ2v) is 10.3. The molecule has 16 nitrogen and oxygen atoms in total. The van der Waals surface area contributed by atoms with Crippen LogP contribution in [0, 0.1) is 11.6 Å². The number of nitrogens with zero attached hydrogens (tertiary/aromatic N) is 4. The van der Waals surface area contributed by atoms with Crippen molar-refractivity contribution in [1.29, 1.82) is 0 Å². The van der Waals surface area contributed by atoms with Gasteiger partial charge >= 0.3 is 24.2 Å². The van der Waals surface area contributed by atoms with Crippen LogP contribution in [-0.2, 0) is 28.5 Å². The van der Waals surface area contributed by atoms with Crippen molar-refractivity contribution in [1.82, 2.24) is 20.3 Å². The molecule has 4 aromatic rings. The molecule has 0 atom stereocenters. The number of carbonyl (C=O) groups is 4. The molecule has 0 N–H and O–H groups in total. The zero-order valence-corrected chi connectivity index (χ0v) is 25.9. The van der Waals surface area contributed by atoms with Crippen molar-refractivity contribution in [3.05, 3.63) is 85.1 Å². The van der Waals surface area contributed by atoms with Gasteiger partial charge in [-0.05, 0) is 49.9 Å². The summed E-state index contributed by atoms with van der Waals surface area (Å²) in [7, 11) is 0. The van der Waals surface area contributed by atoms with Gasteiger partial charge in [-0.15, -0.1) is 0 Å². The van der Waals surface area contributed by atoms with Crippen LogP contribution in [0.5, 0.6) is 11.5 Å². The first-order chi connectivity index (χ1) is 24.1. The smallest absolute Gasteiger partial charge is 0.425 e. The van der Waals surface area contributed by atoms with Gasteiger partial charge in [-0.25, -0.2) is 28.0 Å². The second kappa shape index (κ2) is 16.1. The molecule has 0 radical (unpaired) electrons. The molecule has 0 aliphatic heterocycles. The summed E-state index contributed by atoms with van der Waals surface area (Å²) in [5.74, 6) is -3.16. The van der Waals surface area contributed by atoms with Crippen LogP contribution in [0.2, 0.25) is 0 Å². The van der Waals surface area contributed by atoms with E-state index in [4.69, 9.17) is 18.5 Å². The highest BCUT2D eigenvalue weighted by Crippen LogP contribution is 2.40. The van der Waals surface area contributed by atoms with E-state index in [1.807, 2.05) is 0 Å². The summed E-state index contributed by atoms with van der Waals surface area (Å²) in [4.78, 5) is 54.1. The van der Waals surface area contributed by atoms with Gasteiger partial charge in [0.2, 0.25) is 37.0 Å². The molecule has 2 heterocycles. The fourth-order valence-corrected chi connectivity index (χ4v) is 4.73. The number of hydrogen-bond donors (Lipinski definition) is 0. The highest BCUT2D eigenvalue weighted by atomic mass is 19.1. The zero-order chi connectivity index (χ0) is 35.6. The van der Waals surface area contributed by atoms with Crippen LogP contribution < -0.4 is 9.47 Å². The summed E-state index contributed by atoms with van der Waals surface area (Å²) >= 11 is 0. The van der Waals surface area contributed by atoms with Crippen molar-refractivity contribution >= 4 is 24.2 Å². The fraction of sp³-hybridized carbons (Fsp3) is 0.250. The average molecular weight is 697 g/mol. The Balaban J connectivity index is 1.12. The van der Waals surface area contributed by atoms with Crippen molar-refractivity contribution in [3.8, 4) is 34.3 Å². The third-order valence-electron chi connectivity index (χ3n) is 7.16. The number of carbonyl (C=O) groups excluding carboxylic acids is 4. The van der Waals surface area contributed by atoms with Gasteiger partial charge in [0.05, 0.1) is 11.1 Å². The van der Waals surface area contributed by atoms with E-state index >= 15 is 0 Å². The van der Waals surface area contributed by atoms with Crippen molar-refractivity contribution in [2.24, 2.45) is 0 Å². The van der Waals surface area contributed by atoms with Crippen LogP contribution in [0.15, 0.2) is 70.8 Å². The van der Waals surface area contributed by atoms with Crippen LogP contribution >= 0.6 is 0 Å². The predicted octanol–water partition coefficient (Wildman–Crippen LogP) is 5.91. The molecule has 18 heteroatoms. The first-order valence-electron chi connectivity index (χ1n) is 14.7. The maximum absolute atomic E-state index is 14.9. The fourth-order valence-electron chi connectivity index (χ4n) is 4.73. The van der Waals surface area contributed by atoms with Crippen molar-refractivity contribution < 1.29 is 65.4 Å². The van der Waals surface area contributed by atoms with E-state index < -0.39 is 49.5 Å². The lowest BCUT2D eigenvalue weighted by molar-refractivity contribution is -0.147. The molecular formula is C32H26F2N4O12. The Morgan fingerprint density at radius 2 is 1.08 bits per heavy atom. The molecule has 1 saturated carbocycles. The van der Waals surface area contributed by atoms with Crippen LogP contribution in [-0.4, -0.2) is 58.1 Å². The van der Waals surface area contributed by atoms with E-state index in [0.717, 1.165) is 24.3 Å². The van der Waals surface area contributed by atoms with Gasteiger partial charge in [0.25, 0.3) is 0 Å². The monoisotopic (exact) mass is 696 g/mol. The molecule has 1 aliphatic carbocycles. The number of hydrogen-bond acceptors (Lipinski definition) is 16. The molecule has 2 aromatic heterocycles. The molecular weight excluding hydrogens is 670 g/mol. The van der Waals surface area contributed by atoms with Crippen LogP contribution in [0.3, 0.4) is 0 Å². The Morgan fingerprint density at radius 3 is 1.44 bits per heavy atom. The quantitative estimate of drug-likeness (QED) is 0.0731. The molecule has 5 rings (SSSR count). The molecule has 2 aromatic carbocycles. The van der Waals surface area contributed by atoms with Gasteiger partial charge in [0, 0.05) is 36.1 Å². The third-order valence-corrected chi connectivity index (χ3v) is 7.16. The lowest BCUT2D eigenvalue weighted by Crippen LogP contribution is -2.15. The van der Waals surface area contributed by atoms with Crippen LogP contribution in [0.25, 0.3) is 22.8 Å². The molecule has 0 spiro atoms. The Bertz CT molecular complexity index is 1770. The normalized spacial score (nSPS) is 15.3. The number of benzene rings is 2. The molecule has 0 amide bonds. The molecule has 260 valence electrons. The highest BCUT2D eigenvalue weighted by Gasteiger charge is 2.31. The van der Waals surface area contributed by atoms with Crippen molar-refractivity contribution in [3.63, 3.8) is 0 Å². The number of ether oxygens (including phenoxy) is 6. The maximum atomic E-state index is 14.9. The van der Waals surface area contributed by atoms with Gasteiger partial charge in [-0.1, -0.05) is 23.5 Å². The summed E-state index contributed by atoms with van der Waals surface area (Å²) in [5, 5.41) is 7.80. The topological polar surface area (TPSA) is 201 Å². The predicted molar refractivity (Wildman–Crippen MR) is 160 cm³/mol. The second-order valence-electron chi connectivity index (χ2n) is 10.3. The van der Waals surface area contributed by atoms with Crippen molar-refractivity contribution in [2.45, 2.75) is 37.5 Å². The van der Waals surface area contributed by atoms with Gasteiger partial charge < -0.3 is 37.5 Å². The first kappa shape index (κ1) is 34.9. The minimum atomic E-state index is -1.22. The summed E-state index contributed by atoms with van der Waals surface area (Å²) < 4.78 is 68.4. The van der Waals surface area contributed by atoms with E-state index in [1.165, 1.54) is 24.3 Å². The molecule has 50 heavy (non-hydrogen) atoms. The minimum Gasteiger partial charge on any atom is -0.425 e. The Labute approximate surface area is 280 Å². The summed E-state index contributed by atoms with van der Waals surface area (Å²) in [6.07, 6.45) is 1.75. The van der Waals surface area contributed by atoms with Crippen LogP contribution in [0.1, 0.15) is 49.3 Å². The van der Waals surface area contributed by atoms with Crippen molar-refractivity contribution in [2.75, 3.05) is 13.6 Å². The molecule has 1 fully saturated rings. The number of halogens is 2. The highest BCUT2D eigenvalue weighted by molar-refractivity contribution is 5.81. The van der Waals surface area contributed by atoms with Crippen LogP contribution in [0.4, 0.5) is 18.4 Å². The summed E-state index contributed by atoms with van der Waals surface area (Å²) in [6, 6.07) is 7.08. The summed E-state index contributed by atoms with van der Waals surface area (Å²) in [6.45, 7) is 4.98. The number of aromatic nitrogens is 4. The first-order valence-corrected chi connectivity index (χ1v) is 14.7. The lowest BCUT2D eigenvalue weighted by atomic mass is 9.82. The van der Waals surface area contributed by atoms with Gasteiger partial charge in [-0.3, -0.25) is 0 Å². The third kappa shape index (κ3) is 8.91. The number of esters is 2. The van der Waals surface area contributed by atoms with Gasteiger partial charge in [0.1, 0.15) is 23.1 Å². The Hall–Kier alpha value is -6.46. The lowest BCUT2D eigenvalue weighted by Gasteiger charge is -2.23. The Kier molecular flexibility index (Phi) is 11.2. The molecule has 0 unspecified atom stereocenters. The minimum absolute atomic E-state index is 0.00371. The SMILES string of the molecule is C=CC(=O)OCOC(=O)Oc1ccc(-c2noc(C3CCC(c4nc(-c5ccc(OC(=O)OCOC(=O)C=C)cc5F)no4)CC3)n2)c(F)c1. The molecule has 1 aliphatic rings. The van der Waals surface area contributed by atoms with E-state index in [1.54, 1.807) is 0 Å². The number of rotatable bonds is 12. The molecule has 0 saturated heterocycles. The van der Waals surface area contributed by atoms with E-state index in [2.05, 4.69) is 52.4 Å². The standard InChI is InChI=1S/C32H26F2N4O12/c1-3-25(39)43-15-45-31(41)47-19-9-11-21(23(33)13-19)27-35-29(49-37-27)17-5-7-18(8-6-17)30-36-28(38-50-30)22-12-10-20(14-24(22)34)48-32(42)46-16-44-26(40)4-2/h3-4,9-14,17-18H,1-2,5-8,15-16H2.